The summed E-state index contributed by atoms with van der Waals surface area (Å²) < 4.78 is 4.95. The Labute approximate surface area is 122 Å². The molecule has 1 aromatic heterocycles. The monoisotopic (exact) mass is 298 g/mol. The summed E-state index contributed by atoms with van der Waals surface area (Å²) >= 11 is 1.21. The van der Waals surface area contributed by atoms with Gasteiger partial charge in [0.25, 0.3) is 0 Å². The largest absolute Gasteiger partial charge is 0.466 e. The Kier molecular flexibility index (Phi) is 5.37. The first kappa shape index (κ1) is 15.3. The van der Waals surface area contributed by atoms with E-state index in [1.807, 2.05) is 0 Å². The predicted octanol–water partition coefficient (Wildman–Crippen LogP) is 1.92. The standard InChI is InChI=1S/C14H22N2O3S/c1-3-19-13(17)8-11-12(20-14(18)15-11)9-16-7-5-4-6-10(16)2/h10H,3-9H2,1-2H3,(H,15,18). The summed E-state index contributed by atoms with van der Waals surface area (Å²) in [4.78, 5) is 29.2. The number of carbonyl (C=O) groups is 1. The number of aromatic nitrogens is 1. The Hall–Kier alpha value is -1.14. The maximum Gasteiger partial charge on any atom is 0.311 e. The molecule has 112 valence electrons. The van der Waals surface area contributed by atoms with E-state index in [0.717, 1.165) is 23.7 Å². The predicted molar refractivity (Wildman–Crippen MR) is 79.0 cm³/mol. The summed E-state index contributed by atoms with van der Waals surface area (Å²) in [5, 5.41) is 0. The zero-order chi connectivity index (χ0) is 14.5. The summed E-state index contributed by atoms with van der Waals surface area (Å²) in [6, 6.07) is 0.538. The molecule has 1 atom stereocenters. The SMILES string of the molecule is CCOC(=O)Cc1[nH]c(=O)sc1CN1CCCCC1C. The minimum Gasteiger partial charge on any atom is -0.466 e. The van der Waals surface area contributed by atoms with Crippen molar-refractivity contribution in [2.75, 3.05) is 13.2 Å². The number of piperidine rings is 1. The van der Waals surface area contributed by atoms with E-state index in [4.69, 9.17) is 4.74 Å². The molecule has 0 aliphatic carbocycles. The second-order valence-electron chi connectivity index (χ2n) is 5.21. The lowest BCUT2D eigenvalue weighted by Crippen LogP contribution is -2.36. The van der Waals surface area contributed by atoms with Crippen LogP contribution in [0.3, 0.4) is 0 Å². The summed E-state index contributed by atoms with van der Waals surface area (Å²) in [5.41, 5.74) is 0.719. The fraction of sp³-hybridized carbons (Fsp3) is 0.714. The third-order valence-electron chi connectivity index (χ3n) is 3.72. The lowest BCUT2D eigenvalue weighted by molar-refractivity contribution is -0.142. The molecule has 2 heterocycles. The van der Waals surface area contributed by atoms with Gasteiger partial charge in [-0.25, -0.2) is 0 Å². The molecular weight excluding hydrogens is 276 g/mol. The molecule has 0 radical (unpaired) electrons. The molecule has 1 saturated heterocycles. The van der Waals surface area contributed by atoms with Gasteiger partial charge < -0.3 is 9.72 Å². The number of hydrogen-bond donors (Lipinski definition) is 1. The van der Waals surface area contributed by atoms with Crippen LogP contribution in [0, 0.1) is 0 Å². The van der Waals surface area contributed by atoms with Gasteiger partial charge in [0.1, 0.15) is 0 Å². The van der Waals surface area contributed by atoms with E-state index in [1.54, 1.807) is 6.92 Å². The van der Waals surface area contributed by atoms with Crippen LogP contribution in [-0.2, 0) is 22.5 Å². The van der Waals surface area contributed by atoms with Crippen molar-refractivity contribution in [1.82, 2.24) is 9.88 Å². The molecule has 0 aromatic carbocycles. The molecule has 1 aliphatic rings. The Balaban J connectivity index is 2.07. The number of rotatable bonds is 5. The number of aromatic amines is 1. The molecule has 1 aromatic rings. The number of nitrogens with zero attached hydrogens (tertiary/aromatic N) is 1. The first-order valence-corrected chi connectivity index (χ1v) is 8.02. The molecule has 2 rings (SSSR count). The van der Waals surface area contributed by atoms with Crippen LogP contribution in [0.15, 0.2) is 4.79 Å². The molecular formula is C14H22N2O3S. The van der Waals surface area contributed by atoms with Crippen molar-refractivity contribution in [2.45, 2.75) is 52.1 Å². The molecule has 0 bridgehead atoms. The Morgan fingerprint density at radius 3 is 3.00 bits per heavy atom. The number of likely N-dealkylation sites (tertiary alicyclic amines) is 1. The van der Waals surface area contributed by atoms with Gasteiger partial charge in [-0.2, -0.15) is 0 Å². The maximum atomic E-state index is 11.6. The molecule has 6 heteroatoms. The number of nitrogens with one attached hydrogen (secondary N) is 1. The van der Waals surface area contributed by atoms with Gasteiger partial charge in [0.15, 0.2) is 0 Å². The molecule has 0 saturated carbocycles. The first-order valence-electron chi connectivity index (χ1n) is 7.20. The van der Waals surface area contributed by atoms with E-state index in [0.29, 0.717) is 12.6 Å². The third kappa shape index (κ3) is 3.93. The van der Waals surface area contributed by atoms with Crippen LogP contribution >= 0.6 is 11.3 Å². The van der Waals surface area contributed by atoms with E-state index in [1.165, 1.54) is 30.6 Å². The van der Waals surface area contributed by atoms with Crippen LogP contribution in [-0.4, -0.2) is 35.0 Å². The fourth-order valence-electron chi connectivity index (χ4n) is 2.60. The van der Waals surface area contributed by atoms with Crippen LogP contribution in [0.2, 0.25) is 0 Å². The van der Waals surface area contributed by atoms with Crippen LogP contribution in [0.5, 0.6) is 0 Å². The van der Waals surface area contributed by atoms with E-state index in [9.17, 15) is 9.59 Å². The van der Waals surface area contributed by atoms with E-state index >= 15 is 0 Å². The highest BCUT2D eigenvalue weighted by molar-refractivity contribution is 7.09. The third-order valence-corrected chi connectivity index (χ3v) is 4.63. The minimum atomic E-state index is -0.283. The lowest BCUT2D eigenvalue weighted by Gasteiger charge is -2.33. The van der Waals surface area contributed by atoms with Gasteiger partial charge >= 0.3 is 10.8 Å². The van der Waals surface area contributed by atoms with Crippen LogP contribution < -0.4 is 4.87 Å². The van der Waals surface area contributed by atoms with Crippen LogP contribution in [0.4, 0.5) is 0 Å². The van der Waals surface area contributed by atoms with Crippen molar-refractivity contribution >= 4 is 17.3 Å². The lowest BCUT2D eigenvalue weighted by atomic mass is 10.0. The second-order valence-corrected chi connectivity index (χ2v) is 6.28. The number of hydrogen-bond acceptors (Lipinski definition) is 5. The van der Waals surface area contributed by atoms with E-state index in [2.05, 4.69) is 16.8 Å². The number of ether oxygens (including phenoxy) is 1. The Morgan fingerprint density at radius 1 is 1.50 bits per heavy atom. The van der Waals surface area contributed by atoms with Gasteiger partial charge in [-0.1, -0.05) is 17.8 Å². The Bertz CT molecular complexity index is 509. The molecule has 0 spiro atoms. The zero-order valence-electron chi connectivity index (χ0n) is 12.1. The summed E-state index contributed by atoms with van der Waals surface area (Å²) in [7, 11) is 0. The van der Waals surface area contributed by atoms with Gasteiger partial charge in [0, 0.05) is 23.2 Å². The Morgan fingerprint density at radius 2 is 2.30 bits per heavy atom. The second kappa shape index (κ2) is 7.04. The molecule has 0 amide bonds. The smallest absolute Gasteiger partial charge is 0.311 e. The van der Waals surface area contributed by atoms with Crippen molar-refractivity contribution in [3.63, 3.8) is 0 Å². The highest BCUT2D eigenvalue weighted by atomic mass is 32.1. The molecule has 5 nitrogen and oxygen atoms in total. The molecule has 1 unspecified atom stereocenters. The van der Waals surface area contributed by atoms with Crippen molar-refractivity contribution in [3.05, 3.63) is 20.2 Å². The van der Waals surface area contributed by atoms with E-state index < -0.39 is 0 Å². The highest BCUT2D eigenvalue weighted by Gasteiger charge is 2.21. The normalized spacial score (nSPS) is 20.0. The topological polar surface area (TPSA) is 62.4 Å². The molecule has 1 fully saturated rings. The minimum absolute atomic E-state index is 0.0936. The number of H-pyrrole nitrogens is 1. The number of esters is 1. The average molecular weight is 298 g/mol. The molecule has 1 aliphatic heterocycles. The maximum absolute atomic E-state index is 11.6. The average Bonchev–Trinajstić information content (AvgIpc) is 2.72. The number of thiazole rings is 1. The molecule has 1 N–H and O–H groups in total. The fourth-order valence-corrected chi connectivity index (χ4v) is 3.47. The summed E-state index contributed by atoms with van der Waals surface area (Å²) in [6.45, 7) is 6.18. The zero-order valence-corrected chi connectivity index (χ0v) is 12.9. The van der Waals surface area contributed by atoms with Crippen molar-refractivity contribution in [3.8, 4) is 0 Å². The van der Waals surface area contributed by atoms with Crippen molar-refractivity contribution < 1.29 is 9.53 Å². The van der Waals surface area contributed by atoms with Crippen LogP contribution in [0.25, 0.3) is 0 Å². The van der Waals surface area contributed by atoms with Gasteiger partial charge in [-0.05, 0) is 33.2 Å². The number of carbonyl (C=O) groups excluding carboxylic acids is 1. The van der Waals surface area contributed by atoms with Crippen molar-refractivity contribution in [1.29, 1.82) is 0 Å². The van der Waals surface area contributed by atoms with Gasteiger partial charge in [0.05, 0.1) is 13.0 Å². The summed E-state index contributed by atoms with van der Waals surface area (Å²) in [6.07, 6.45) is 3.84. The van der Waals surface area contributed by atoms with Gasteiger partial charge in [0.2, 0.25) is 0 Å². The molecule has 20 heavy (non-hydrogen) atoms. The van der Waals surface area contributed by atoms with E-state index in [-0.39, 0.29) is 17.3 Å². The van der Waals surface area contributed by atoms with Crippen LogP contribution in [0.1, 0.15) is 43.7 Å². The highest BCUT2D eigenvalue weighted by Crippen LogP contribution is 2.21. The first-order chi connectivity index (χ1) is 9.60. The van der Waals surface area contributed by atoms with Gasteiger partial charge in [-0.15, -0.1) is 0 Å². The van der Waals surface area contributed by atoms with Crippen molar-refractivity contribution in [2.24, 2.45) is 0 Å². The summed E-state index contributed by atoms with van der Waals surface area (Å²) in [5.74, 6) is -0.283. The quantitative estimate of drug-likeness (QED) is 0.844. The van der Waals surface area contributed by atoms with Gasteiger partial charge in [-0.3, -0.25) is 14.5 Å².